The lowest BCUT2D eigenvalue weighted by molar-refractivity contribution is 0.240. The lowest BCUT2D eigenvalue weighted by atomic mass is 10.2. The molecule has 0 amide bonds. The van der Waals surface area contributed by atoms with Crippen LogP contribution in [0.15, 0.2) is 39.0 Å². The maximum absolute atomic E-state index is 12.2. The average Bonchev–Trinajstić information content (AvgIpc) is 2.57. The van der Waals surface area contributed by atoms with Gasteiger partial charge in [0.15, 0.2) is 0 Å². The highest BCUT2D eigenvalue weighted by Crippen LogP contribution is 2.18. The zero-order chi connectivity index (χ0) is 17.1. The SMILES string of the molecule is Cc1ccccc1-n1c(O)c(/C=N/N2CCCCC2)c(=O)[nH]c1=O. The number of rotatable bonds is 3. The highest BCUT2D eigenvalue weighted by Gasteiger charge is 2.16. The standard InChI is InChI=1S/C17H20N4O3/c1-12-7-3-4-8-14(12)21-16(23)13(15(22)19-17(21)24)11-18-20-9-5-2-6-10-20/h3-4,7-8,11,23H,2,5-6,9-10H2,1H3,(H,19,22,24)/b18-11+. The molecule has 24 heavy (non-hydrogen) atoms. The van der Waals surface area contributed by atoms with Crippen molar-refractivity contribution >= 4 is 6.21 Å². The van der Waals surface area contributed by atoms with E-state index in [1.54, 1.807) is 12.1 Å². The normalized spacial score (nSPS) is 15.1. The first kappa shape index (κ1) is 16.0. The molecule has 1 aliphatic rings. The number of aromatic hydroxyl groups is 1. The largest absolute Gasteiger partial charge is 0.493 e. The second-order valence-corrected chi connectivity index (χ2v) is 5.88. The van der Waals surface area contributed by atoms with Crippen LogP contribution >= 0.6 is 0 Å². The predicted octanol–water partition coefficient (Wildman–Crippen LogP) is 1.36. The van der Waals surface area contributed by atoms with E-state index in [1.807, 2.05) is 24.1 Å². The topological polar surface area (TPSA) is 90.7 Å². The monoisotopic (exact) mass is 328 g/mol. The van der Waals surface area contributed by atoms with E-state index in [-0.39, 0.29) is 5.56 Å². The minimum Gasteiger partial charge on any atom is -0.493 e. The lowest BCUT2D eigenvalue weighted by Crippen LogP contribution is -2.32. The number of hydrazone groups is 1. The minimum absolute atomic E-state index is 0.0246. The van der Waals surface area contributed by atoms with E-state index in [2.05, 4.69) is 10.1 Å². The molecule has 2 heterocycles. The van der Waals surface area contributed by atoms with Gasteiger partial charge in [-0.05, 0) is 37.8 Å². The first-order valence-corrected chi connectivity index (χ1v) is 8.01. The Morgan fingerprint density at radius 1 is 1.17 bits per heavy atom. The van der Waals surface area contributed by atoms with Crippen molar-refractivity contribution < 1.29 is 5.11 Å². The van der Waals surface area contributed by atoms with Crippen molar-refractivity contribution in [2.24, 2.45) is 5.10 Å². The maximum Gasteiger partial charge on any atom is 0.335 e. The highest BCUT2D eigenvalue weighted by molar-refractivity contribution is 5.82. The van der Waals surface area contributed by atoms with Gasteiger partial charge < -0.3 is 5.11 Å². The van der Waals surface area contributed by atoms with Crippen LogP contribution in [0.2, 0.25) is 0 Å². The van der Waals surface area contributed by atoms with Gasteiger partial charge in [-0.2, -0.15) is 5.10 Å². The van der Waals surface area contributed by atoms with Crippen LogP contribution in [-0.2, 0) is 0 Å². The first-order chi connectivity index (χ1) is 11.6. The fraction of sp³-hybridized carbons (Fsp3) is 0.353. The van der Waals surface area contributed by atoms with E-state index in [4.69, 9.17) is 0 Å². The molecule has 0 saturated carbocycles. The third kappa shape index (κ3) is 3.10. The summed E-state index contributed by atoms with van der Waals surface area (Å²) in [7, 11) is 0. The van der Waals surface area contributed by atoms with Crippen molar-refractivity contribution in [2.75, 3.05) is 13.1 Å². The van der Waals surface area contributed by atoms with Gasteiger partial charge in [0.25, 0.3) is 5.56 Å². The quantitative estimate of drug-likeness (QED) is 0.832. The molecule has 0 radical (unpaired) electrons. The van der Waals surface area contributed by atoms with Crippen molar-refractivity contribution in [2.45, 2.75) is 26.2 Å². The maximum atomic E-state index is 12.2. The van der Waals surface area contributed by atoms with Crippen LogP contribution < -0.4 is 11.2 Å². The summed E-state index contributed by atoms with van der Waals surface area (Å²) in [5.41, 5.74) is -0.0295. The third-order valence-corrected chi connectivity index (χ3v) is 4.16. The minimum atomic E-state index is -0.679. The Labute approximate surface area is 138 Å². The molecule has 7 heteroatoms. The van der Waals surface area contributed by atoms with Crippen molar-refractivity contribution in [1.82, 2.24) is 14.6 Å². The van der Waals surface area contributed by atoms with Gasteiger partial charge in [-0.25, -0.2) is 9.36 Å². The number of nitrogens with one attached hydrogen (secondary N) is 1. The Morgan fingerprint density at radius 3 is 2.58 bits per heavy atom. The van der Waals surface area contributed by atoms with Gasteiger partial charge in [0.05, 0.1) is 11.9 Å². The molecule has 0 aliphatic carbocycles. The second-order valence-electron chi connectivity index (χ2n) is 5.88. The number of aromatic nitrogens is 2. The van der Waals surface area contributed by atoms with Crippen molar-refractivity contribution in [3.63, 3.8) is 0 Å². The van der Waals surface area contributed by atoms with Gasteiger partial charge in [0, 0.05) is 13.1 Å². The molecule has 1 aromatic carbocycles. The fourth-order valence-electron chi connectivity index (χ4n) is 2.82. The molecular weight excluding hydrogens is 308 g/mol. The van der Waals surface area contributed by atoms with E-state index in [0.29, 0.717) is 5.69 Å². The summed E-state index contributed by atoms with van der Waals surface area (Å²) in [5, 5.41) is 16.6. The van der Waals surface area contributed by atoms with E-state index < -0.39 is 17.1 Å². The zero-order valence-electron chi connectivity index (χ0n) is 13.5. The molecular formula is C17H20N4O3. The molecule has 1 saturated heterocycles. The fourth-order valence-corrected chi connectivity index (χ4v) is 2.82. The van der Waals surface area contributed by atoms with E-state index in [0.717, 1.165) is 36.1 Å². The van der Waals surface area contributed by atoms with E-state index in [9.17, 15) is 14.7 Å². The number of para-hydroxylation sites is 1. The zero-order valence-corrected chi connectivity index (χ0v) is 13.5. The average molecular weight is 328 g/mol. The number of aryl methyl sites for hydroxylation is 1. The Morgan fingerprint density at radius 2 is 1.88 bits per heavy atom. The molecule has 0 unspecified atom stereocenters. The Balaban J connectivity index is 2.06. The summed E-state index contributed by atoms with van der Waals surface area (Å²) in [6.07, 6.45) is 4.62. The molecule has 0 atom stereocenters. The van der Waals surface area contributed by atoms with Crippen molar-refractivity contribution in [3.8, 4) is 11.6 Å². The number of nitrogens with zero attached hydrogens (tertiary/aromatic N) is 3. The molecule has 7 nitrogen and oxygen atoms in total. The molecule has 1 fully saturated rings. The molecule has 0 bridgehead atoms. The molecule has 3 rings (SSSR count). The number of benzene rings is 1. The van der Waals surface area contributed by atoms with Gasteiger partial charge in [-0.15, -0.1) is 0 Å². The summed E-state index contributed by atoms with van der Waals surface area (Å²) < 4.78 is 1.09. The first-order valence-electron chi connectivity index (χ1n) is 8.01. The van der Waals surface area contributed by atoms with Gasteiger partial charge in [-0.3, -0.25) is 14.8 Å². The van der Waals surface area contributed by atoms with Gasteiger partial charge in [-0.1, -0.05) is 18.2 Å². The second kappa shape index (κ2) is 6.74. The van der Waals surface area contributed by atoms with Crippen LogP contribution in [0, 0.1) is 6.92 Å². The Bertz CT molecular complexity index is 876. The predicted molar refractivity (Wildman–Crippen MR) is 92.1 cm³/mol. The van der Waals surface area contributed by atoms with Crippen LogP contribution in [-0.4, -0.2) is 39.0 Å². The van der Waals surface area contributed by atoms with Crippen LogP contribution in [0.1, 0.15) is 30.4 Å². The molecule has 2 aromatic rings. The number of piperidine rings is 1. The van der Waals surface area contributed by atoms with Crippen molar-refractivity contribution in [1.29, 1.82) is 0 Å². The van der Waals surface area contributed by atoms with E-state index >= 15 is 0 Å². The molecule has 126 valence electrons. The van der Waals surface area contributed by atoms with Crippen LogP contribution in [0.3, 0.4) is 0 Å². The molecule has 0 spiro atoms. The number of aromatic amines is 1. The smallest absolute Gasteiger partial charge is 0.335 e. The van der Waals surface area contributed by atoms with Crippen LogP contribution in [0.5, 0.6) is 5.88 Å². The summed E-state index contributed by atoms with van der Waals surface area (Å²) >= 11 is 0. The van der Waals surface area contributed by atoms with Gasteiger partial charge >= 0.3 is 5.69 Å². The highest BCUT2D eigenvalue weighted by atomic mass is 16.3. The van der Waals surface area contributed by atoms with Crippen LogP contribution in [0.25, 0.3) is 5.69 Å². The Hall–Kier alpha value is -2.83. The van der Waals surface area contributed by atoms with Gasteiger partial charge in [0.2, 0.25) is 5.88 Å². The summed E-state index contributed by atoms with van der Waals surface area (Å²) in [4.78, 5) is 26.5. The van der Waals surface area contributed by atoms with Crippen molar-refractivity contribution in [3.05, 3.63) is 56.2 Å². The molecule has 2 N–H and O–H groups in total. The number of H-pyrrole nitrogens is 1. The lowest BCUT2D eigenvalue weighted by Gasteiger charge is -2.23. The molecule has 1 aliphatic heterocycles. The molecule has 1 aromatic heterocycles. The number of hydrogen-bond donors (Lipinski definition) is 2. The van der Waals surface area contributed by atoms with Gasteiger partial charge in [0.1, 0.15) is 5.56 Å². The Kier molecular flexibility index (Phi) is 4.50. The number of hydrogen-bond acceptors (Lipinski definition) is 5. The summed E-state index contributed by atoms with van der Waals surface area (Å²) in [5.74, 6) is -0.404. The van der Waals surface area contributed by atoms with Crippen LogP contribution in [0.4, 0.5) is 0 Å². The summed E-state index contributed by atoms with van der Waals surface area (Å²) in [6.45, 7) is 3.48. The third-order valence-electron chi connectivity index (χ3n) is 4.16. The summed E-state index contributed by atoms with van der Waals surface area (Å²) in [6, 6.07) is 7.14. The van der Waals surface area contributed by atoms with E-state index in [1.165, 1.54) is 12.6 Å².